The summed E-state index contributed by atoms with van der Waals surface area (Å²) in [6, 6.07) is 0.757. The fourth-order valence-electron chi connectivity index (χ4n) is 3.35. The van der Waals surface area contributed by atoms with Crippen LogP contribution >= 0.6 is 0 Å². The molecule has 1 heteroatoms. The lowest BCUT2D eigenvalue weighted by molar-refractivity contribution is -0.0539. The summed E-state index contributed by atoms with van der Waals surface area (Å²) in [6.07, 6.45) is 7.28. The van der Waals surface area contributed by atoms with Crippen LogP contribution in [0.4, 0.5) is 0 Å². The highest BCUT2D eigenvalue weighted by atomic mass is 15.2. The van der Waals surface area contributed by atoms with Gasteiger partial charge in [0.05, 0.1) is 0 Å². The van der Waals surface area contributed by atoms with E-state index in [1.807, 2.05) is 0 Å². The smallest absolute Gasteiger partial charge is 0.0214 e. The Bertz CT molecular complexity index is 182. The van der Waals surface area contributed by atoms with Crippen molar-refractivity contribution < 1.29 is 0 Å². The van der Waals surface area contributed by atoms with Crippen molar-refractivity contribution in [2.24, 2.45) is 5.92 Å². The number of hydrogen-bond acceptors (Lipinski definition) is 1. The first kappa shape index (κ1) is 9.51. The van der Waals surface area contributed by atoms with E-state index in [0.717, 1.165) is 12.0 Å². The van der Waals surface area contributed by atoms with Crippen molar-refractivity contribution in [3.63, 3.8) is 0 Å². The van der Waals surface area contributed by atoms with Gasteiger partial charge in [-0.05, 0) is 58.4 Å². The van der Waals surface area contributed by atoms with Gasteiger partial charge in [0, 0.05) is 11.6 Å². The molecule has 0 aromatic rings. The topological polar surface area (TPSA) is 3.24 Å². The van der Waals surface area contributed by atoms with Gasteiger partial charge < -0.3 is 0 Å². The van der Waals surface area contributed by atoms with E-state index in [-0.39, 0.29) is 0 Å². The summed E-state index contributed by atoms with van der Waals surface area (Å²) < 4.78 is 0. The van der Waals surface area contributed by atoms with Crippen LogP contribution in [0.15, 0.2) is 0 Å². The molecule has 13 heavy (non-hydrogen) atoms. The molecule has 0 bridgehead atoms. The van der Waals surface area contributed by atoms with Gasteiger partial charge in [0.1, 0.15) is 0 Å². The standard InChI is InChI=1S/C12H23N/c1-10(2)13-8-5-11(3)9-12(13)6-4-7-12/h10-11H,4-9H2,1-3H3/t11-/m1/s1. The summed E-state index contributed by atoms with van der Waals surface area (Å²) in [4.78, 5) is 2.77. The molecule has 2 aliphatic rings. The lowest BCUT2D eigenvalue weighted by Crippen LogP contribution is -2.60. The Morgan fingerprint density at radius 1 is 1.31 bits per heavy atom. The van der Waals surface area contributed by atoms with E-state index >= 15 is 0 Å². The second-order valence-electron chi connectivity index (χ2n) is 5.46. The van der Waals surface area contributed by atoms with Crippen molar-refractivity contribution in [1.29, 1.82) is 0 Å². The summed E-state index contributed by atoms with van der Waals surface area (Å²) in [7, 11) is 0. The molecule has 1 saturated carbocycles. The molecule has 0 unspecified atom stereocenters. The first-order chi connectivity index (χ1) is 6.14. The summed E-state index contributed by atoms with van der Waals surface area (Å²) in [5, 5.41) is 0. The third-order valence-corrected chi connectivity index (χ3v) is 4.11. The van der Waals surface area contributed by atoms with Crippen LogP contribution in [-0.4, -0.2) is 23.0 Å². The maximum absolute atomic E-state index is 2.77. The number of rotatable bonds is 1. The van der Waals surface area contributed by atoms with Crippen LogP contribution in [-0.2, 0) is 0 Å². The predicted molar refractivity (Wildman–Crippen MR) is 56.8 cm³/mol. The summed E-state index contributed by atoms with van der Waals surface area (Å²) in [5.41, 5.74) is 0.645. The van der Waals surface area contributed by atoms with E-state index < -0.39 is 0 Å². The zero-order valence-corrected chi connectivity index (χ0v) is 9.34. The molecule has 1 saturated heterocycles. The van der Waals surface area contributed by atoms with E-state index in [1.165, 1.54) is 38.6 Å². The third kappa shape index (κ3) is 1.52. The van der Waals surface area contributed by atoms with E-state index in [9.17, 15) is 0 Å². The van der Waals surface area contributed by atoms with Gasteiger partial charge in [-0.3, -0.25) is 4.90 Å². The van der Waals surface area contributed by atoms with Gasteiger partial charge in [-0.1, -0.05) is 6.92 Å². The quantitative estimate of drug-likeness (QED) is 0.601. The largest absolute Gasteiger partial charge is 0.295 e. The first-order valence-electron chi connectivity index (χ1n) is 5.91. The monoisotopic (exact) mass is 181 g/mol. The van der Waals surface area contributed by atoms with Crippen LogP contribution < -0.4 is 0 Å². The fourth-order valence-corrected chi connectivity index (χ4v) is 3.35. The van der Waals surface area contributed by atoms with Crippen LogP contribution in [0.3, 0.4) is 0 Å². The van der Waals surface area contributed by atoms with Crippen LogP contribution in [0.5, 0.6) is 0 Å². The number of nitrogens with zero attached hydrogens (tertiary/aromatic N) is 1. The lowest BCUT2D eigenvalue weighted by atomic mass is 9.67. The highest BCUT2D eigenvalue weighted by Crippen LogP contribution is 2.46. The Balaban J connectivity index is 2.08. The Morgan fingerprint density at radius 3 is 2.46 bits per heavy atom. The molecule has 0 aromatic heterocycles. The lowest BCUT2D eigenvalue weighted by Gasteiger charge is -2.56. The van der Waals surface area contributed by atoms with Crippen molar-refractivity contribution in [1.82, 2.24) is 4.90 Å². The van der Waals surface area contributed by atoms with Crippen molar-refractivity contribution in [2.75, 3.05) is 6.54 Å². The highest BCUT2D eigenvalue weighted by molar-refractivity contribution is 5.02. The SMILES string of the molecule is CC(C)N1CC[C@@H](C)CC12CCC2. The second kappa shape index (κ2) is 3.27. The zero-order chi connectivity index (χ0) is 9.47. The van der Waals surface area contributed by atoms with Crippen LogP contribution in [0.2, 0.25) is 0 Å². The predicted octanol–water partition coefficient (Wildman–Crippen LogP) is 3.05. The molecule has 2 fully saturated rings. The van der Waals surface area contributed by atoms with Crippen LogP contribution in [0.1, 0.15) is 52.9 Å². The first-order valence-corrected chi connectivity index (χ1v) is 5.91. The van der Waals surface area contributed by atoms with Crippen molar-refractivity contribution in [3.05, 3.63) is 0 Å². The Morgan fingerprint density at radius 2 is 2.00 bits per heavy atom. The maximum Gasteiger partial charge on any atom is 0.0214 e. The molecule has 1 spiro atoms. The molecule has 0 radical (unpaired) electrons. The zero-order valence-electron chi connectivity index (χ0n) is 9.34. The van der Waals surface area contributed by atoms with Crippen molar-refractivity contribution >= 4 is 0 Å². The average Bonchev–Trinajstić information content (AvgIpc) is 2.00. The third-order valence-electron chi connectivity index (χ3n) is 4.11. The molecular weight excluding hydrogens is 158 g/mol. The molecule has 1 nitrogen and oxygen atoms in total. The van der Waals surface area contributed by atoms with Gasteiger partial charge >= 0.3 is 0 Å². The molecule has 0 N–H and O–H groups in total. The van der Waals surface area contributed by atoms with Crippen molar-refractivity contribution in [2.45, 2.75) is 64.5 Å². The van der Waals surface area contributed by atoms with Gasteiger partial charge in [-0.25, -0.2) is 0 Å². The number of hydrogen-bond donors (Lipinski definition) is 0. The van der Waals surface area contributed by atoms with E-state index in [0.29, 0.717) is 5.54 Å². The minimum Gasteiger partial charge on any atom is -0.295 e. The number of likely N-dealkylation sites (tertiary alicyclic amines) is 1. The van der Waals surface area contributed by atoms with Crippen molar-refractivity contribution in [3.8, 4) is 0 Å². The van der Waals surface area contributed by atoms with E-state index in [4.69, 9.17) is 0 Å². The maximum atomic E-state index is 2.77. The van der Waals surface area contributed by atoms with Gasteiger partial charge in [-0.2, -0.15) is 0 Å². The van der Waals surface area contributed by atoms with Crippen LogP contribution in [0.25, 0.3) is 0 Å². The van der Waals surface area contributed by atoms with Crippen LogP contribution in [0, 0.1) is 5.92 Å². The summed E-state index contributed by atoms with van der Waals surface area (Å²) in [5.74, 6) is 0.968. The molecule has 76 valence electrons. The molecule has 1 heterocycles. The second-order valence-corrected chi connectivity index (χ2v) is 5.46. The minimum absolute atomic E-state index is 0.645. The summed E-state index contributed by atoms with van der Waals surface area (Å²) in [6.45, 7) is 8.49. The molecule has 1 aliphatic heterocycles. The highest BCUT2D eigenvalue weighted by Gasteiger charge is 2.46. The fraction of sp³-hybridized carbons (Fsp3) is 1.00. The normalized spacial score (nSPS) is 33.7. The molecular formula is C12H23N. The minimum atomic E-state index is 0.645. The summed E-state index contributed by atoms with van der Waals surface area (Å²) >= 11 is 0. The Labute approximate surface area is 82.5 Å². The van der Waals surface area contributed by atoms with Gasteiger partial charge in [0.2, 0.25) is 0 Å². The molecule has 1 atom stereocenters. The molecule has 2 rings (SSSR count). The van der Waals surface area contributed by atoms with E-state index in [1.54, 1.807) is 0 Å². The van der Waals surface area contributed by atoms with Gasteiger partial charge in [0.25, 0.3) is 0 Å². The number of piperidine rings is 1. The van der Waals surface area contributed by atoms with E-state index in [2.05, 4.69) is 25.7 Å². The van der Waals surface area contributed by atoms with Gasteiger partial charge in [-0.15, -0.1) is 0 Å². The average molecular weight is 181 g/mol. The molecule has 1 aliphatic carbocycles. The molecule has 0 amide bonds. The Hall–Kier alpha value is -0.0400. The van der Waals surface area contributed by atoms with Gasteiger partial charge in [0.15, 0.2) is 0 Å². The Kier molecular flexibility index (Phi) is 2.39. The molecule has 0 aromatic carbocycles.